The molecule has 42 heavy (non-hydrogen) atoms. The van der Waals surface area contributed by atoms with Gasteiger partial charge in [-0.2, -0.15) is 0 Å². The van der Waals surface area contributed by atoms with E-state index in [4.69, 9.17) is 9.47 Å². The minimum absolute atomic E-state index is 0.112. The first-order valence-electron chi connectivity index (χ1n) is 15.0. The van der Waals surface area contributed by atoms with Crippen LogP contribution in [0, 0.1) is 0 Å². The number of hydrogen-bond donors (Lipinski definition) is 0. The van der Waals surface area contributed by atoms with Crippen LogP contribution in [0.15, 0.2) is 60.9 Å². The summed E-state index contributed by atoms with van der Waals surface area (Å²) in [6, 6.07) is 13.8. The largest absolute Gasteiger partial charge is 0.487 e. The fraction of sp³-hybridized carbons (Fsp3) is 0.500. The van der Waals surface area contributed by atoms with Crippen LogP contribution in [0.1, 0.15) is 85.5 Å². The second kappa shape index (κ2) is 16.3. The van der Waals surface area contributed by atoms with Crippen LogP contribution in [0.25, 0.3) is 22.5 Å². The van der Waals surface area contributed by atoms with Gasteiger partial charge < -0.3 is 9.47 Å². The molecule has 4 unspecified atom stereocenters. The van der Waals surface area contributed by atoms with Crippen LogP contribution in [0.4, 0.5) is 13.2 Å². The van der Waals surface area contributed by atoms with Gasteiger partial charge in [0.15, 0.2) is 12.0 Å². The van der Waals surface area contributed by atoms with E-state index in [-0.39, 0.29) is 12.2 Å². The van der Waals surface area contributed by atoms with E-state index >= 15 is 0 Å². The Labute approximate surface area is 247 Å². The van der Waals surface area contributed by atoms with E-state index in [1.807, 2.05) is 13.0 Å². The molecule has 0 amide bonds. The van der Waals surface area contributed by atoms with E-state index < -0.39 is 30.1 Å². The van der Waals surface area contributed by atoms with Crippen LogP contribution < -0.4 is 9.47 Å². The van der Waals surface area contributed by atoms with Gasteiger partial charge >= 0.3 is 5.97 Å². The number of alkyl halides is 3. The van der Waals surface area contributed by atoms with Crippen LogP contribution in [-0.2, 0) is 4.79 Å². The average Bonchev–Trinajstić information content (AvgIpc) is 2.99. The van der Waals surface area contributed by atoms with Crippen molar-refractivity contribution in [2.45, 2.75) is 110 Å². The highest BCUT2D eigenvalue weighted by Crippen LogP contribution is 2.32. The third kappa shape index (κ3) is 9.57. The van der Waals surface area contributed by atoms with Crippen molar-refractivity contribution in [2.75, 3.05) is 0 Å². The Morgan fingerprint density at radius 2 is 1.52 bits per heavy atom. The number of carbonyl (C=O) groups excluding carboxylic acids is 1. The number of nitrogens with zero attached hydrogens (tertiary/aromatic N) is 2. The minimum atomic E-state index is -2.04. The summed E-state index contributed by atoms with van der Waals surface area (Å²) in [4.78, 5) is 21.3. The molecular formula is C34H43F3N2O3. The SMILES string of the molecule is CCCCCCCC(Oc1ccccc1-c1ncc(-c2ccc(OC(=O)C(C)(F)CCCC)cc2)cn1)C(F)C(C)F. The molecule has 0 aliphatic heterocycles. The Morgan fingerprint density at radius 1 is 0.881 bits per heavy atom. The molecule has 0 radical (unpaired) electrons. The molecule has 5 nitrogen and oxygen atoms in total. The van der Waals surface area contributed by atoms with Crippen LogP contribution >= 0.6 is 0 Å². The van der Waals surface area contributed by atoms with Gasteiger partial charge in [0, 0.05) is 18.0 Å². The van der Waals surface area contributed by atoms with E-state index in [1.165, 1.54) is 13.8 Å². The smallest absolute Gasteiger partial charge is 0.348 e. The third-order valence-electron chi connectivity index (χ3n) is 7.27. The molecule has 0 saturated carbocycles. The molecule has 0 aliphatic rings. The van der Waals surface area contributed by atoms with Gasteiger partial charge in [-0.05, 0) is 69.4 Å². The van der Waals surface area contributed by atoms with Gasteiger partial charge in [0.1, 0.15) is 23.8 Å². The maximum absolute atomic E-state index is 14.9. The molecule has 3 rings (SSSR count). The number of unbranched alkanes of at least 4 members (excludes halogenated alkanes) is 5. The maximum Gasteiger partial charge on any atom is 0.348 e. The number of rotatable bonds is 17. The fourth-order valence-electron chi connectivity index (χ4n) is 4.60. The highest BCUT2D eigenvalue weighted by Gasteiger charge is 2.34. The monoisotopic (exact) mass is 584 g/mol. The van der Waals surface area contributed by atoms with E-state index in [0.29, 0.717) is 35.5 Å². The fourth-order valence-corrected chi connectivity index (χ4v) is 4.60. The molecule has 0 saturated heterocycles. The molecule has 0 fully saturated rings. The lowest BCUT2D eigenvalue weighted by atomic mass is 10.0. The van der Waals surface area contributed by atoms with Crippen LogP contribution in [-0.4, -0.2) is 40.1 Å². The first-order valence-corrected chi connectivity index (χ1v) is 15.0. The topological polar surface area (TPSA) is 61.3 Å². The van der Waals surface area contributed by atoms with Crippen molar-refractivity contribution in [3.63, 3.8) is 0 Å². The number of ether oxygens (including phenoxy) is 2. The molecule has 1 heterocycles. The lowest BCUT2D eigenvalue weighted by Crippen LogP contribution is -2.34. The van der Waals surface area contributed by atoms with Crippen molar-refractivity contribution >= 4 is 5.97 Å². The summed E-state index contributed by atoms with van der Waals surface area (Å²) in [7, 11) is 0. The second-order valence-corrected chi connectivity index (χ2v) is 11.0. The first-order chi connectivity index (χ1) is 20.2. The third-order valence-corrected chi connectivity index (χ3v) is 7.27. The number of para-hydroxylation sites is 1. The lowest BCUT2D eigenvalue weighted by molar-refractivity contribution is -0.147. The average molecular weight is 585 g/mol. The highest BCUT2D eigenvalue weighted by atomic mass is 19.2. The molecule has 4 atom stereocenters. The summed E-state index contributed by atoms with van der Waals surface area (Å²) in [5.41, 5.74) is 0.0364. The van der Waals surface area contributed by atoms with Gasteiger partial charge in [-0.1, -0.05) is 70.2 Å². The molecule has 1 aromatic heterocycles. The zero-order chi connectivity index (χ0) is 30.5. The van der Waals surface area contributed by atoms with Crippen molar-refractivity contribution in [1.29, 1.82) is 0 Å². The normalized spacial score (nSPS) is 14.9. The standard InChI is InChI=1S/C34H43F3N2O3/c1-5-7-9-10-11-16-30(31(36)24(3)35)42-29-15-13-12-14-28(29)32-38-22-26(23-39-32)25-17-19-27(20-18-25)41-33(40)34(4,37)21-8-6-2/h12-15,17-20,22-24,30-31H,5-11,16,21H2,1-4H3. The second-order valence-electron chi connectivity index (χ2n) is 11.0. The highest BCUT2D eigenvalue weighted by molar-refractivity contribution is 5.81. The van der Waals surface area contributed by atoms with Gasteiger partial charge in [-0.3, -0.25) is 0 Å². The first kappa shape index (κ1) is 33.1. The Bertz CT molecular complexity index is 1230. The van der Waals surface area contributed by atoms with Crippen LogP contribution in [0.3, 0.4) is 0 Å². The predicted molar refractivity (Wildman–Crippen MR) is 161 cm³/mol. The molecule has 8 heteroatoms. The number of carbonyl (C=O) groups is 1. The Kier molecular flexibility index (Phi) is 12.8. The van der Waals surface area contributed by atoms with Gasteiger partial charge in [0.2, 0.25) is 5.67 Å². The maximum atomic E-state index is 14.9. The molecule has 3 aromatic rings. The van der Waals surface area contributed by atoms with Gasteiger partial charge in [-0.25, -0.2) is 27.9 Å². The number of hydrogen-bond acceptors (Lipinski definition) is 5. The molecule has 228 valence electrons. The van der Waals surface area contributed by atoms with Crippen molar-refractivity contribution in [1.82, 2.24) is 9.97 Å². The molecule has 0 spiro atoms. The Morgan fingerprint density at radius 3 is 2.17 bits per heavy atom. The molecule has 0 N–H and O–H groups in total. The Hall–Kier alpha value is -3.42. The molecule has 0 bridgehead atoms. The molecular weight excluding hydrogens is 541 g/mol. The van der Waals surface area contributed by atoms with Crippen molar-refractivity contribution < 1.29 is 27.4 Å². The summed E-state index contributed by atoms with van der Waals surface area (Å²) in [6.45, 7) is 6.53. The number of halogens is 3. The zero-order valence-corrected chi connectivity index (χ0v) is 25.1. The lowest BCUT2D eigenvalue weighted by Gasteiger charge is -2.24. The molecule has 2 aromatic carbocycles. The molecule has 0 aliphatic carbocycles. The van der Waals surface area contributed by atoms with Crippen LogP contribution in [0.5, 0.6) is 11.5 Å². The van der Waals surface area contributed by atoms with Gasteiger partial charge in [0.25, 0.3) is 0 Å². The van der Waals surface area contributed by atoms with Gasteiger partial charge in [-0.15, -0.1) is 0 Å². The Balaban J connectivity index is 1.71. The van der Waals surface area contributed by atoms with Crippen LogP contribution in [0.2, 0.25) is 0 Å². The van der Waals surface area contributed by atoms with E-state index in [9.17, 15) is 18.0 Å². The van der Waals surface area contributed by atoms with E-state index in [1.54, 1.807) is 54.9 Å². The summed E-state index contributed by atoms with van der Waals surface area (Å²) in [5, 5.41) is 0. The number of esters is 1. The van der Waals surface area contributed by atoms with E-state index in [2.05, 4.69) is 16.9 Å². The zero-order valence-electron chi connectivity index (χ0n) is 25.1. The number of benzene rings is 2. The summed E-state index contributed by atoms with van der Waals surface area (Å²) in [6.07, 6.45) is 5.91. The minimum Gasteiger partial charge on any atom is -0.487 e. The predicted octanol–water partition coefficient (Wildman–Crippen LogP) is 9.44. The number of aromatic nitrogens is 2. The van der Waals surface area contributed by atoms with Crippen molar-refractivity contribution in [3.05, 3.63) is 60.9 Å². The van der Waals surface area contributed by atoms with Gasteiger partial charge in [0.05, 0.1) is 5.56 Å². The summed E-state index contributed by atoms with van der Waals surface area (Å²) >= 11 is 0. The van der Waals surface area contributed by atoms with E-state index in [0.717, 1.165) is 44.1 Å². The summed E-state index contributed by atoms with van der Waals surface area (Å²) < 4.78 is 54.8. The van der Waals surface area contributed by atoms with Crippen molar-refractivity contribution in [2.24, 2.45) is 0 Å². The van der Waals surface area contributed by atoms with Crippen molar-refractivity contribution in [3.8, 4) is 34.0 Å². The summed E-state index contributed by atoms with van der Waals surface area (Å²) in [5.74, 6) is 0.133. The quantitative estimate of drug-likeness (QED) is 0.0898.